The summed E-state index contributed by atoms with van der Waals surface area (Å²) in [5.41, 5.74) is 0. The molecule has 0 unspecified atom stereocenters. The third-order valence-electron chi connectivity index (χ3n) is 3.77. The van der Waals surface area contributed by atoms with Crippen LogP contribution in [0.25, 0.3) is 0 Å². The fourth-order valence-electron chi connectivity index (χ4n) is 2.27. The van der Waals surface area contributed by atoms with E-state index in [0.717, 1.165) is 69.9 Å². The molecule has 1 heterocycles. The van der Waals surface area contributed by atoms with Gasteiger partial charge >= 0.3 is 0 Å². The third-order valence-corrected chi connectivity index (χ3v) is 3.77. The van der Waals surface area contributed by atoms with Gasteiger partial charge in [0.05, 0.1) is 0 Å². The van der Waals surface area contributed by atoms with Gasteiger partial charge in [0.15, 0.2) is 5.96 Å². The average molecular weight is 450 g/mol. The Balaban J connectivity index is 0.00000288. The van der Waals surface area contributed by atoms with E-state index >= 15 is 0 Å². The number of nitrogens with zero attached hydrogens (tertiary/aromatic N) is 4. The Labute approximate surface area is 162 Å². The van der Waals surface area contributed by atoms with Crippen molar-refractivity contribution in [3.63, 3.8) is 0 Å². The molecule has 1 fully saturated rings. The fourth-order valence-corrected chi connectivity index (χ4v) is 2.27. The lowest BCUT2D eigenvalue weighted by Gasteiger charge is -2.12. The van der Waals surface area contributed by atoms with Crippen LogP contribution in [-0.4, -0.2) is 53.6 Å². The maximum absolute atomic E-state index is 5.63. The van der Waals surface area contributed by atoms with Gasteiger partial charge in [0.2, 0.25) is 0 Å². The second-order valence-corrected chi connectivity index (χ2v) is 5.85. The predicted molar refractivity (Wildman–Crippen MR) is 107 cm³/mol. The highest BCUT2D eigenvalue weighted by atomic mass is 127. The van der Waals surface area contributed by atoms with Crippen LogP contribution in [-0.2, 0) is 17.7 Å². The quantitative estimate of drug-likeness (QED) is 0.233. The number of ether oxygens (including phenoxy) is 1. The van der Waals surface area contributed by atoms with Gasteiger partial charge in [-0.05, 0) is 32.1 Å². The molecule has 2 N–H and O–H groups in total. The van der Waals surface area contributed by atoms with Gasteiger partial charge in [0.1, 0.15) is 12.2 Å². The summed E-state index contributed by atoms with van der Waals surface area (Å²) in [4.78, 5) is 4.58. The van der Waals surface area contributed by atoms with Crippen LogP contribution in [0.2, 0.25) is 0 Å². The van der Waals surface area contributed by atoms with E-state index in [-0.39, 0.29) is 24.0 Å². The van der Waals surface area contributed by atoms with Crippen molar-refractivity contribution in [2.75, 3.05) is 32.8 Å². The molecular formula is C16H31IN6O. The molecule has 1 aliphatic carbocycles. The predicted octanol–water partition coefficient (Wildman–Crippen LogP) is 1.83. The Morgan fingerprint density at radius 1 is 1.38 bits per heavy atom. The fraction of sp³-hybridized carbons (Fsp3) is 0.812. The molecule has 1 saturated carbocycles. The Hall–Kier alpha value is -0.900. The van der Waals surface area contributed by atoms with Crippen LogP contribution >= 0.6 is 24.0 Å². The van der Waals surface area contributed by atoms with Crippen LogP contribution in [0.1, 0.15) is 38.9 Å². The molecule has 0 saturated heterocycles. The zero-order chi connectivity index (χ0) is 16.3. The topological polar surface area (TPSA) is 76.4 Å². The average Bonchev–Trinajstić information content (AvgIpc) is 3.27. The van der Waals surface area contributed by atoms with Crippen molar-refractivity contribution >= 4 is 29.9 Å². The van der Waals surface area contributed by atoms with Gasteiger partial charge < -0.3 is 19.9 Å². The molecule has 1 aromatic rings. The molecule has 8 heteroatoms. The summed E-state index contributed by atoms with van der Waals surface area (Å²) < 4.78 is 7.70. The lowest BCUT2D eigenvalue weighted by Crippen LogP contribution is -2.39. The van der Waals surface area contributed by atoms with Gasteiger partial charge in [0, 0.05) is 45.8 Å². The SMILES string of the molecule is CCNC(=NCCCOCC1CC1)NCCn1cnnc1CC.I. The van der Waals surface area contributed by atoms with E-state index in [1.807, 2.05) is 0 Å². The number of aromatic nitrogens is 3. The van der Waals surface area contributed by atoms with Crippen molar-refractivity contribution < 1.29 is 4.74 Å². The van der Waals surface area contributed by atoms with Crippen LogP contribution in [0.15, 0.2) is 11.3 Å². The minimum absolute atomic E-state index is 0. The molecule has 0 amide bonds. The standard InChI is InChI=1S/C16H30N6O.HI/c1-3-15-21-20-13-22(15)10-9-19-16(17-4-2)18-8-5-11-23-12-14-6-7-14;/h13-14H,3-12H2,1-2H3,(H2,17,18,19);1H. The van der Waals surface area contributed by atoms with E-state index in [0.29, 0.717) is 0 Å². The van der Waals surface area contributed by atoms with Crippen LogP contribution in [0.3, 0.4) is 0 Å². The molecule has 0 atom stereocenters. The number of hydrogen-bond donors (Lipinski definition) is 2. The van der Waals surface area contributed by atoms with Crippen LogP contribution < -0.4 is 10.6 Å². The second kappa shape index (κ2) is 12.5. The summed E-state index contributed by atoms with van der Waals surface area (Å²) in [5, 5.41) is 14.7. The van der Waals surface area contributed by atoms with Gasteiger partial charge in [-0.2, -0.15) is 0 Å². The first-order valence-corrected chi connectivity index (χ1v) is 8.80. The van der Waals surface area contributed by atoms with Gasteiger partial charge in [-0.15, -0.1) is 34.2 Å². The van der Waals surface area contributed by atoms with E-state index in [2.05, 4.69) is 44.2 Å². The monoisotopic (exact) mass is 450 g/mol. The smallest absolute Gasteiger partial charge is 0.191 e. The Kier molecular flexibility index (Phi) is 11.0. The van der Waals surface area contributed by atoms with E-state index in [1.54, 1.807) is 6.33 Å². The first kappa shape index (κ1) is 21.1. The second-order valence-electron chi connectivity index (χ2n) is 5.85. The summed E-state index contributed by atoms with van der Waals surface area (Å²) in [5.74, 6) is 2.71. The number of rotatable bonds is 11. The summed E-state index contributed by atoms with van der Waals surface area (Å²) in [7, 11) is 0. The van der Waals surface area contributed by atoms with Crippen molar-refractivity contribution in [3.05, 3.63) is 12.2 Å². The van der Waals surface area contributed by atoms with Crippen molar-refractivity contribution in [1.82, 2.24) is 25.4 Å². The molecule has 0 spiro atoms. The van der Waals surface area contributed by atoms with Gasteiger partial charge in [-0.25, -0.2) is 0 Å². The maximum atomic E-state index is 5.63. The first-order chi connectivity index (χ1) is 11.3. The largest absolute Gasteiger partial charge is 0.381 e. The first-order valence-electron chi connectivity index (χ1n) is 8.80. The van der Waals surface area contributed by atoms with Crippen molar-refractivity contribution in [3.8, 4) is 0 Å². The molecule has 0 aliphatic heterocycles. The Morgan fingerprint density at radius 2 is 2.21 bits per heavy atom. The summed E-state index contributed by atoms with van der Waals surface area (Å²) >= 11 is 0. The number of hydrogen-bond acceptors (Lipinski definition) is 4. The minimum Gasteiger partial charge on any atom is -0.381 e. The zero-order valence-corrected chi connectivity index (χ0v) is 17.2. The molecule has 1 aromatic heterocycles. The third kappa shape index (κ3) is 8.27. The van der Waals surface area contributed by atoms with E-state index in [4.69, 9.17) is 4.74 Å². The van der Waals surface area contributed by atoms with Crippen LogP contribution in [0.5, 0.6) is 0 Å². The number of guanidine groups is 1. The summed E-state index contributed by atoms with van der Waals surface area (Å²) in [6, 6.07) is 0. The van der Waals surface area contributed by atoms with Gasteiger partial charge in [-0.3, -0.25) is 4.99 Å². The van der Waals surface area contributed by atoms with Crippen molar-refractivity contribution in [2.45, 2.75) is 46.1 Å². The number of nitrogens with one attached hydrogen (secondary N) is 2. The molecule has 0 radical (unpaired) electrons. The summed E-state index contributed by atoms with van der Waals surface area (Å²) in [6.45, 7) is 9.18. The number of aryl methyl sites for hydroxylation is 1. The van der Waals surface area contributed by atoms with Crippen molar-refractivity contribution in [2.24, 2.45) is 10.9 Å². The van der Waals surface area contributed by atoms with E-state index in [1.165, 1.54) is 12.8 Å². The number of halogens is 1. The lowest BCUT2D eigenvalue weighted by molar-refractivity contribution is 0.123. The minimum atomic E-state index is 0. The van der Waals surface area contributed by atoms with E-state index in [9.17, 15) is 0 Å². The zero-order valence-electron chi connectivity index (χ0n) is 14.8. The van der Waals surface area contributed by atoms with Crippen LogP contribution in [0.4, 0.5) is 0 Å². The Bertz CT molecular complexity index is 475. The van der Waals surface area contributed by atoms with E-state index < -0.39 is 0 Å². The molecule has 7 nitrogen and oxygen atoms in total. The maximum Gasteiger partial charge on any atom is 0.191 e. The molecular weight excluding hydrogens is 419 g/mol. The molecule has 0 aromatic carbocycles. The van der Waals surface area contributed by atoms with Gasteiger partial charge in [0.25, 0.3) is 0 Å². The highest BCUT2D eigenvalue weighted by molar-refractivity contribution is 14.0. The number of aliphatic imine (C=N–C) groups is 1. The summed E-state index contributed by atoms with van der Waals surface area (Å²) in [6.07, 6.45) is 6.34. The normalized spacial score (nSPS) is 14.3. The molecule has 24 heavy (non-hydrogen) atoms. The molecule has 138 valence electrons. The van der Waals surface area contributed by atoms with Gasteiger partial charge in [-0.1, -0.05) is 6.92 Å². The highest BCUT2D eigenvalue weighted by Gasteiger charge is 2.20. The Morgan fingerprint density at radius 3 is 2.92 bits per heavy atom. The lowest BCUT2D eigenvalue weighted by atomic mass is 10.4. The van der Waals surface area contributed by atoms with Crippen molar-refractivity contribution in [1.29, 1.82) is 0 Å². The van der Waals surface area contributed by atoms with Crippen LogP contribution in [0, 0.1) is 5.92 Å². The molecule has 0 bridgehead atoms. The molecule has 1 aliphatic rings. The highest BCUT2D eigenvalue weighted by Crippen LogP contribution is 2.28. The molecule has 2 rings (SSSR count).